The quantitative estimate of drug-likeness (QED) is 0.131. The van der Waals surface area contributed by atoms with Gasteiger partial charge in [0.15, 0.2) is 0 Å². The van der Waals surface area contributed by atoms with Crippen LogP contribution in [-0.2, 0) is 19.2 Å². The van der Waals surface area contributed by atoms with Gasteiger partial charge in [0.2, 0.25) is 0 Å². The van der Waals surface area contributed by atoms with Crippen molar-refractivity contribution in [1.29, 1.82) is 0 Å². The van der Waals surface area contributed by atoms with E-state index in [-0.39, 0.29) is 20.3 Å². The Morgan fingerprint density at radius 2 is 0.485 bits per heavy atom. The van der Waals surface area contributed by atoms with Crippen LogP contribution < -0.4 is 18.9 Å². The fourth-order valence-corrected chi connectivity index (χ4v) is 0. The molecule has 0 rings (SSSR count). The summed E-state index contributed by atoms with van der Waals surface area (Å²) in [6.45, 7) is 0. The Kier molecular flexibility index (Phi) is 24.2. The van der Waals surface area contributed by atoms with Gasteiger partial charge in [0, 0.05) is 0 Å². The zero-order chi connectivity index (χ0) is 27.9. The number of carboxylic acid groups (broad SMARTS) is 4. The average molecular weight is 526 g/mol. The molecule has 11 nitrogen and oxygen atoms in total. The van der Waals surface area contributed by atoms with Crippen LogP contribution in [0.25, 0.3) is 0 Å². The number of carboxylic acids is 4. The molecule has 0 bridgehead atoms. The van der Waals surface area contributed by atoms with Crippen LogP contribution in [0, 0.1) is 0 Å². The van der Waals surface area contributed by atoms with Crippen LogP contribution in [0.1, 0.15) is 1.43 Å². The van der Waals surface area contributed by atoms with E-state index in [2.05, 4.69) is 0 Å². The Balaban J connectivity index is -0.0000000534. The van der Waals surface area contributed by atoms with Gasteiger partial charge in [0.05, 0.1) is 0 Å². The molecule has 0 radical (unpaired) electrons. The molecule has 194 valence electrons. The number of rotatable bonds is 0. The van der Waals surface area contributed by atoms with E-state index in [1.165, 1.54) is 0 Å². The second-order valence-electron chi connectivity index (χ2n) is 3.56. The van der Waals surface area contributed by atoms with Crippen molar-refractivity contribution in [2.45, 2.75) is 24.7 Å². The number of hydrogen-bond acceptors (Lipinski definition) is 7. The smallest absolute Gasteiger partial charge is 1.00 e. The van der Waals surface area contributed by atoms with E-state index in [9.17, 15) is 52.7 Å². The molecule has 0 atom stereocenters. The van der Waals surface area contributed by atoms with E-state index in [4.69, 9.17) is 54.7 Å². The number of aliphatic carboxylic acids is 4. The summed E-state index contributed by atoms with van der Waals surface area (Å²) in [5.74, 6) is -11.0. The van der Waals surface area contributed by atoms with E-state index in [0.29, 0.717) is 0 Å². The Hall–Kier alpha value is -2.42. The average Bonchev–Trinajstić information content (AvgIpc) is 2.44. The van der Waals surface area contributed by atoms with Crippen LogP contribution in [0.5, 0.6) is 0 Å². The second kappa shape index (κ2) is 18.1. The summed E-state index contributed by atoms with van der Waals surface area (Å²) < 4.78 is 127. The molecular formula is C8H8BF12LiO11. The number of carbonyl (C=O) groups is 4. The van der Waals surface area contributed by atoms with Gasteiger partial charge in [-0.2, -0.15) is 52.7 Å². The maximum atomic E-state index is 10.6. The molecule has 0 fully saturated rings. The van der Waals surface area contributed by atoms with Crippen molar-refractivity contribution in [2.24, 2.45) is 0 Å². The molecule has 0 aliphatic heterocycles. The predicted molar refractivity (Wildman–Crippen MR) is 68.3 cm³/mol. The van der Waals surface area contributed by atoms with Crippen molar-refractivity contribution in [2.75, 3.05) is 0 Å². The van der Waals surface area contributed by atoms with Gasteiger partial charge in [0.1, 0.15) is 0 Å². The van der Waals surface area contributed by atoms with Gasteiger partial charge in [-0.05, 0) is 0 Å². The van der Waals surface area contributed by atoms with Gasteiger partial charge < -0.3 is 36.9 Å². The fourth-order valence-electron chi connectivity index (χ4n) is 0. The van der Waals surface area contributed by atoms with Crippen LogP contribution in [0.4, 0.5) is 52.7 Å². The van der Waals surface area contributed by atoms with E-state index >= 15 is 0 Å². The molecule has 33 heavy (non-hydrogen) atoms. The Morgan fingerprint density at radius 3 is 0.485 bits per heavy atom. The van der Waals surface area contributed by atoms with Gasteiger partial charge in [-0.3, -0.25) is 0 Å². The first-order valence-electron chi connectivity index (χ1n) is 5.75. The van der Waals surface area contributed by atoms with E-state index in [1.807, 2.05) is 0 Å². The molecule has 0 aromatic heterocycles. The summed E-state index contributed by atoms with van der Waals surface area (Å²) in [5, 5.41) is 50.0. The summed E-state index contributed by atoms with van der Waals surface area (Å²) in [5.41, 5.74) is 0. The van der Waals surface area contributed by atoms with E-state index < -0.39 is 55.9 Å². The van der Waals surface area contributed by atoms with E-state index in [1.54, 1.807) is 0 Å². The molecule has 0 aliphatic carbocycles. The summed E-state index contributed by atoms with van der Waals surface area (Å²) in [6, 6.07) is 0. The molecule has 25 heteroatoms. The van der Waals surface area contributed by atoms with Crippen molar-refractivity contribution in [3.63, 3.8) is 0 Å². The molecule has 0 amide bonds. The Bertz CT molecular complexity index is 492. The first kappa shape index (κ1) is 44.3. The topological polar surface area (TPSA) is 210 Å². The molecule has 0 aromatic rings. The molecule has 0 spiro atoms. The standard InChI is InChI=1S/4C2HF3O2.BH3O3.Li.H/c4*3-2(4,5)1(6)7;2-1(3)4;;/h4*(H,6,7);2-4H;;/q;;;;;+1;-1. The SMILES string of the molecule is O=C(O)C(F)(F)F.O=C(O)C(F)(F)F.O=C(O)C(F)(F)F.O=C(O)C(F)(F)F.OB(O)O.[H-].[Li+]. The van der Waals surface area contributed by atoms with Gasteiger partial charge >= 0.3 is 74.8 Å². The summed E-state index contributed by atoms with van der Waals surface area (Å²) in [7, 11) is -2.17. The molecule has 0 unspecified atom stereocenters. The summed E-state index contributed by atoms with van der Waals surface area (Å²) in [4.78, 5) is 35.6. The molecule has 0 aliphatic rings. The normalized spacial score (nSPS) is 10.4. The van der Waals surface area contributed by atoms with Crippen LogP contribution in [0.3, 0.4) is 0 Å². The fraction of sp³-hybridized carbons (Fsp3) is 0.500. The molecular weight excluding hydrogens is 518 g/mol. The van der Waals surface area contributed by atoms with E-state index in [0.717, 1.165) is 0 Å². The van der Waals surface area contributed by atoms with Crippen molar-refractivity contribution in [1.82, 2.24) is 0 Å². The van der Waals surface area contributed by atoms with Gasteiger partial charge in [-0.15, -0.1) is 0 Å². The van der Waals surface area contributed by atoms with Crippen molar-refractivity contribution >= 4 is 31.2 Å². The third-order valence-corrected chi connectivity index (χ3v) is 0.970. The summed E-state index contributed by atoms with van der Waals surface area (Å²) in [6.07, 6.45) is -20.3. The van der Waals surface area contributed by atoms with Gasteiger partial charge in [-0.1, -0.05) is 0 Å². The number of hydrogen-bond donors (Lipinski definition) is 7. The number of halogens is 12. The third kappa shape index (κ3) is 48.3. The van der Waals surface area contributed by atoms with Crippen molar-refractivity contribution in [3.05, 3.63) is 0 Å². The van der Waals surface area contributed by atoms with Crippen molar-refractivity contribution < 1.29 is 128 Å². The molecule has 0 aromatic carbocycles. The van der Waals surface area contributed by atoms with Crippen LogP contribution >= 0.6 is 0 Å². The maximum Gasteiger partial charge on any atom is 1.00 e. The minimum Gasteiger partial charge on any atom is -1.00 e. The molecule has 0 saturated heterocycles. The third-order valence-electron chi connectivity index (χ3n) is 0.970. The van der Waals surface area contributed by atoms with Crippen molar-refractivity contribution in [3.8, 4) is 0 Å². The minimum absolute atomic E-state index is 0. The molecule has 0 heterocycles. The predicted octanol–water partition coefficient (Wildman–Crippen LogP) is -2.40. The zero-order valence-corrected chi connectivity index (χ0v) is 14.9. The Morgan fingerprint density at radius 1 is 0.455 bits per heavy atom. The van der Waals surface area contributed by atoms with Crippen LogP contribution in [0.2, 0.25) is 0 Å². The van der Waals surface area contributed by atoms with Gasteiger partial charge in [-0.25, -0.2) is 19.2 Å². The number of alkyl halides is 12. The second-order valence-corrected chi connectivity index (χ2v) is 3.56. The largest absolute Gasteiger partial charge is 1.00 e. The Labute approximate surface area is 184 Å². The van der Waals surface area contributed by atoms with Crippen LogP contribution in [0.15, 0.2) is 0 Å². The minimum atomic E-state index is -5.08. The molecule has 7 N–H and O–H groups in total. The maximum absolute atomic E-state index is 10.6. The van der Waals surface area contributed by atoms with Gasteiger partial charge in [0.25, 0.3) is 0 Å². The summed E-state index contributed by atoms with van der Waals surface area (Å²) >= 11 is 0. The van der Waals surface area contributed by atoms with Crippen LogP contribution in [-0.4, -0.2) is 91.4 Å². The first-order valence-corrected chi connectivity index (χ1v) is 5.75. The zero-order valence-electron chi connectivity index (χ0n) is 15.9. The molecule has 0 saturated carbocycles. The first-order chi connectivity index (χ1) is 13.5. The monoisotopic (exact) mass is 526 g/mol.